The van der Waals surface area contributed by atoms with Gasteiger partial charge in [-0.1, -0.05) is 12.8 Å². The first-order valence-corrected chi connectivity index (χ1v) is 13.0. The lowest BCUT2D eigenvalue weighted by molar-refractivity contribution is -0.150. The number of nitrogens with two attached hydrogens (primary N) is 1. The molecule has 0 radical (unpaired) electrons. The van der Waals surface area contributed by atoms with Crippen LogP contribution in [0.25, 0.3) is 11.2 Å². The fraction of sp³-hybridized carbons (Fsp3) is 0.700. The summed E-state index contributed by atoms with van der Waals surface area (Å²) in [7, 11) is -3.14. The van der Waals surface area contributed by atoms with Crippen molar-refractivity contribution in [1.29, 1.82) is 0 Å². The van der Waals surface area contributed by atoms with Crippen LogP contribution in [0.3, 0.4) is 0 Å². The highest BCUT2D eigenvalue weighted by Gasteiger charge is 2.47. The van der Waals surface area contributed by atoms with Crippen molar-refractivity contribution in [3.8, 4) is 5.88 Å². The van der Waals surface area contributed by atoms with E-state index >= 15 is 0 Å². The molecule has 2 aromatic heterocycles. The molecule has 2 aromatic rings. The number of hydrogen-bond donors (Lipinski definition) is 5. The smallest absolute Gasteiger partial charge is 0.404 e. The van der Waals surface area contributed by atoms with Gasteiger partial charge in [0.25, 0.3) is 0 Å². The number of carbonyl (C=O) groups excluding carboxylic acids is 1. The monoisotopic (exact) mass is 532 g/mol. The van der Waals surface area contributed by atoms with Gasteiger partial charge in [-0.2, -0.15) is 9.97 Å². The third-order valence-corrected chi connectivity index (χ3v) is 7.05. The molecule has 0 amide bonds. The van der Waals surface area contributed by atoms with Crippen molar-refractivity contribution in [3.63, 3.8) is 0 Å². The molecule has 0 bridgehead atoms. The van der Waals surface area contributed by atoms with E-state index in [1.165, 1.54) is 24.9 Å². The minimum absolute atomic E-state index is 0.0558. The van der Waals surface area contributed by atoms with Crippen molar-refractivity contribution in [2.75, 3.05) is 26.1 Å². The second-order valence-corrected chi connectivity index (χ2v) is 10.0. The molecular formula is C20H33N6O9P. The average Bonchev–Trinajstić information content (AvgIpc) is 3.45. The number of aliphatic hydroxyl groups is 2. The van der Waals surface area contributed by atoms with E-state index < -0.39 is 44.2 Å². The number of aromatic nitrogens is 4. The number of esters is 1. The SMILES string of the molecule is CCOC(=O)C1(NP(=O)(O)OC[C@@H](OCn2cnc3c(OC)nc(N)nc32)[C@H](O)C(C)O)CCCC1. The molecular weight excluding hydrogens is 499 g/mol. The topological polar surface area (TPSA) is 213 Å². The molecule has 202 valence electrons. The molecule has 6 N–H and O–H groups in total. The van der Waals surface area contributed by atoms with E-state index in [4.69, 9.17) is 24.5 Å². The van der Waals surface area contributed by atoms with Gasteiger partial charge >= 0.3 is 13.7 Å². The first kappa shape index (κ1) is 28.2. The van der Waals surface area contributed by atoms with Crippen molar-refractivity contribution in [2.24, 2.45) is 0 Å². The van der Waals surface area contributed by atoms with E-state index in [9.17, 15) is 24.5 Å². The predicted molar refractivity (Wildman–Crippen MR) is 126 cm³/mol. The standard InChI is InChI=1S/C20H33N6O9P/c1-4-33-18(29)20(7-5-6-8-20)25-36(30,31)35-9-13(15(28)12(2)27)34-11-26-10-22-14-16(26)23-19(21)24-17(14)32-3/h10,12-13,15,27-28H,4-9,11H2,1-3H3,(H2,21,23,24)(H2,25,30,31)/t12?,13-,15-/m1/s1. The van der Waals surface area contributed by atoms with Crippen molar-refractivity contribution in [3.05, 3.63) is 6.33 Å². The first-order valence-electron chi connectivity index (χ1n) is 11.5. The number of anilines is 1. The normalized spacial score (nSPS) is 19.5. The summed E-state index contributed by atoms with van der Waals surface area (Å²) in [5.74, 6) is -0.518. The van der Waals surface area contributed by atoms with Gasteiger partial charge in [-0.25, -0.2) is 14.6 Å². The molecule has 1 aliphatic carbocycles. The maximum atomic E-state index is 12.9. The molecule has 2 unspecified atom stereocenters. The molecule has 2 heterocycles. The summed E-state index contributed by atoms with van der Waals surface area (Å²) < 4.78 is 35.4. The van der Waals surface area contributed by atoms with Crippen LogP contribution in [0.2, 0.25) is 0 Å². The minimum Gasteiger partial charge on any atom is -0.479 e. The maximum absolute atomic E-state index is 12.9. The van der Waals surface area contributed by atoms with Crippen LogP contribution >= 0.6 is 7.75 Å². The van der Waals surface area contributed by atoms with Crippen molar-refractivity contribution >= 4 is 30.8 Å². The lowest BCUT2D eigenvalue weighted by Gasteiger charge is -2.31. The molecule has 15 nitrogen and oxygen atoms in total. The Bertz CT molecular complexity index is 1090. The number of fused-ring (bicyclic) bond motifs is 1. The quantitative estimate of drug-likeness (QED) is 0.171. The van der Waals surface area contributed by atoms with Crippen molar-refractivity contribution < 1.29 is 43.2 Å². The highest BCUT2D eigenvalue weighted by Crippen LogP contribution is 2.45. The van der Waals surface area contributed by atoms with E-state index in [0.29, 0.717) is 31.2 Å². The molecule has 4 atom stereocenters. The Balaban J connectivity index is 1.72. The molecule has 1 saturated carbocycles. The highest BCUT2D eigenvalue weighted by atomic mass is 31.2. The van der Waals surface area contributed by atoms with Gasteiger partial charge in [-0.05, 0) is 26.7 Å². The van der Waals surface area contributed by atoms with Crippen LogP contribution in [0, 0.1) is 0 Å². The third kappa shape index (κ3) is 6.48. The zero-order chi connectivity index (χ0) is 26.5. The molecule has 3 rings (SSSR count). The number of nitrogen functional groups attached to an aromatic ring is 1. The summed E-state index contributed by atoms with van der Waals surface area (Å²) in [5.41, 5.74) is 4.98. The molecule has 0 aliphatic heterocycles. The second-order valence-electron chi connectivity index (χ2n) is 8.48. The van der Waals surface area contributed by atoms with E-state index in [-0.39, 0.29) is 30.8 Å². The van der Waals surface area contributed by atoms with Crippen molar-refractivity contribution in [1.82, 2.24) is 24.6 Å². The largest absolute Gasteiger partial charge is 0.479 e. The molecule has 1 aliphatic rings. The van der Waals surface area contributed by atoms with Crippen molar-refractivity contribution in [2.45, 2.75) is 70.1 Å². The van der Waals surface area contributed by atoms with Gasteiger partial charge in [0.1, 0.15) is 24.5 Å². The van der Waals surface area contributed by atoms with Crippen LogP contribution in [0.1, 0.15) is 39.5 Å². The summed E-state index contributed by atoms with van der Waals surface area (Å²) in [5, 5.41) is 22.8. The number of imidazole rings is 1. The van der Waals surface area contributed by atoms with E-state index in [1.807, 2.05) is 0 Å². The number of hydrogen-bond acceptors (Lipinski definition) is 12. The molecule has 36 heavy (non-hydrogen) atoms. The van der Waals surface area contributed by atoms with Crippen LogP contribution in [-0.2, 0) is 30.1 Å². The maximum Gasteiger partial charge on any atom is 0.404 e. The van der Waals surface area contributed by atoms with Gasteiger partial charge in [0.05, 0.1) is 32.8 Å². The Morgan fingerprint density at radius 1 is 1.33 bits per heavy atom. The Morgan fingerprint density at radius 2 is 2.03 bits per heavy atom. The van der Waals surface area contributed by atoms with Crippen LogP contribution in [0.5, 0.6) is 5.88 Å². The fourth-order valence-corrected chi connectivity index (χ4v) is 5.26. The number of methoxy groups -OCH3 is 1. The lowest BCUT2D eigenvalue weighted by atomic mass is 10.00. The number of carbonyl (C=O) groups is 1. The number of ether oxygens (including phenoxy) is 3. The Labute approximate surface area is 207 Å². The summed E-state index contributed by atoms with van der Waals surface area (Å²) in [4.78, 5) is 35.2. The summed E-state index contributed by atoms with van der Waals surface area (Å²) >= 11 is 0. The summed E-state index contributed by atoms with van der Waals surface area (Å²) in [6, 6.07) is 0. The number of rotatable bonds is 13. The molecule has 16 heteroatoms. The first-order chi connectivity index (χ1) is 17.0. The molecule has 0 aromatic carbocycles. The average molecular weight is 532 g/mol. The molecule has 0 saturated heterocycles. The predicted octanol–water partition coefficient (Wildman–Crippen LogP) is 0.0840. The Kier molecular flexibility index (Phi) is 9.22. The Hall–Kier alpha value is -2.39. The third-order valence-electron chi connectivity index (χ3n) is 5.84. The molecule has 0 spiro atoms. The van der Waals surface area contributed by atoms with Crippen LogP contribution in [-0.4, -0.2) is 84.8 Å². The van der Waals surface area contributed by atoms with Gasteiger partial charge < -0.3 is 35.1 Å². The number of nitrogens with zero attached hydrogens (tertiary/aromatic N) is 4. The molecule has 1 fully saturated rings. The van der Waals surface area contributed by atoms with Gasteiger partial charge in [0, 0.05) is 0 Å². The summed E-state index contributed by atoms with van der Waals surface area (Å²) in [6.45, 7) is 2.29. The number of aliphatic hydroxyl groups excluding tert-OH is 2. The minimum atomic E-state index is -4.54. The fourth-order valence-electron chi connectivity index (χ4n) is 3.99. The van der Waals surface area contributed by atoms with Crippen LogP contribution in [0.15, 0.2) is 6.33 Å². The lowest BCUT2D eigenvalue weighted by Crippen LogP contribution is -2.49. The zero-order valence-electron chi connectivity index (χ0n) is 20.4. The van der Waals surface area contributed by atoms with Crippen LogP contribution in [0.4, 0.5) is 5.95 Å². The van der Waals surface area contributed by atoms with Gasteiger partial charge in [0.15, 0.2) is 11.2 Å². The number of nitrogens with one attached hydrogen (secondary N) is 1. The Morgan fingerprint density at radius 3 is 2.64 bits per heavy atom. The zero-order valence-corrected chi connectivity index (χ0v) is 21.3. The van der Waals surface area contributed by atoms with E-state index in [2.05, 4.69) is 20.0 Å². The van der Waals surface area contributed by atoms with E-state index in [0.717, 1.165) is 0 Å². The van der Waals surface area contributed by atoms with Crippen LogP contribution < -0.4 is 15.6 Å². The van der Waals surface area contributed by atoms with Gasteiger partial charge in [-0.15, -0.1) is 0 Å². The highest BCUT2D eigenvalue weighted by molar-refractivity contribution is 7.50. The summed E-state index contributed by atoms with van der Waals surface area (Å²) in [6.07, 6.45) is -0.590. The van der Waals surface area contributed by atoms with Gasteiger partial charge in [0.2, 0.25) is 11.8 Å². The second kappa shape index (κ2) is 11.8. The van der Waals surface area contributed by atoms with Gasteiger partial charge in [-0.3, -0.25) is 13.9 Å². The van der Waals surface area contributed by atoms with E-state index in [1.54, 1.807) is 6.92 Å².